The third-order valence-corrected chi connectivity index (χ3v) is 7.76. The maximum Gasteiger partial charge on any atom is 0.251 e. The Bertz CT molecular complexity index is 1440. The van der Waals surface area contributed by atoms with Gasteiger partial charge >= 0.3 is 0 Å². The first-order chi connectivity index (χ1) is 23.8. The van der Waals surface area contributed by atoms with Crippen LogP contribution in [0.15, 0.2) is 66.7 Å². The Kier molecular flexibility index (Phi) is 21.1. The van der Waals surface area contributed by atoms with Crippen LogP contribution in [-0.2, 0) is 0 Å². The first-order valence-corrected chi connectivity index (χ1v) is 17.7. The zero-order chi connectivity index (χ0) is 37.6. The number of aryl methyl sites for hydroxylation is 1. The molecule has 0 aliphatic heterocycles. The SMILES string of the molecule is CCCN(C)CCC.CSCCC(NC(=O)c1ccccc1)C(O)C(O)CNC(=O)c1cc(C=O)cc(C(N)=O)c1.Cc1cc(F)cc(F)c1. The lowest BCUT2D eigenvalue weighted by Gasteiger charge is -2.28. The van der Waals surface area contributed by atoms with Crippen LogP contribution in [0.3, 0.4) is 0 Å². The van der Waals surface area contributed by atoms with Crippen LogP contribution in [0.25, 0.3) is 0 Å². The number of nitrogens with two attached hydrogens (primary N) is 1. The molecule has 0 bridgehead atoms. The predicted molar refractivity (Wildman–Crippen MR) is 195 cm³/mol. The van der Waals surface area contributed by atoms with Gasteiger partial charge in [0.15, 0.2) is 0 Å². The highest BCUT2D eigenvalue weighted by atomic mass is 32.2. The number of primary amides is 1. The molecule has 0 aromatic heterocycles. The number of rotatable bonds is 16. The van der Waals surface area contributed by atoms with Crippen molar-refractivity contribution >= 4 is 35.8 Å². The van der Waals surface area contributed by atoms with Crippen molar-refractivity contribution in [2.75, 3.05) is 38.7 Å². The molecule has 0 saturated heterocycles. The molecule has 10 nitrogen and oxygen atoms in total. The molecule has 0 spiro atoms. The molecule has 50 heavy (non-hydrogen) atoms. The fourth-order valence-electron chi connectivity index (χ4n) is 4.66. The molecule has 3 amide bonds. The molecular weight excluding hydrogens is 666 g/mol. The summed E-state index contributed by atoms with van der Waals surface area (Å²) in [6, 6.07) is 14.9. The Hall–Kier alpha value is -4.17. The smallest absolute Gasteiger partial charge is 0.251 e. The normalized spacial score (nSPS) is 12.3. The molecular formula is C37H50F2N4O6S. The number of thioether (sulfide) groups is 1. The molecule has 0 heterocycles. The number of nitrogens with zero attached hydrogens (tertiary/aromatic N) is 1. The fourth-order valence-corrected chi connectivity index (χ4v) is 5.15. The Morgan fingerprint density at radius 1 is 0.900 bits per heavy atom. The Morgan fingerprint density at radius 2 is 1.48 bits per heavy atom. The number of halogens is 2. The zero-order valence-corrected chi connectivity index (χ0v) is 30.1. The summed E-state index contributed by atoms with van der Waals surface area (Å²) in [7, 11) is 2.17. The summed E-state index contributed by atoms with van der Waals surface area (Å²) in [6.07, 6.45) is 2.57. The number of amides is 3. The first-order valence-electron chi connectivity index (χ1n) is 16.3. The quantitative estimate of drug-likeness (QED) is 0.134. The highest BCUT2D eigenvalue weighted by Gasteiger charge is 2.28. The van der Waals surface area contributed by atoms with E-state index in [4.69, 9.17) is 5.73 Å². The van der Waals surface area contributed by atoms with E-state index in [0.29, 0.717) is 29.6 Å². The third-order valence-electron chi connectivity index (χ3n) is 7.12. The molecule has 0 radical (unpaired) electrons. The van der Waals surface area contributed by atoms with Crippen LogP contribution >= 0.6 is 11.8 Å². The minimum Gasteiger partial charge on any atom is -0.388 e. The van der Waals surface area contributed by atoms with Gasteiger partial charge in [0.1, 0.15) is 24.0 Å². The van der Waals surface area contributed by atoms with E-state index in [1.54, 1.807) is 37.3 Å². The molecule has 6 N–H and O–H groups in total. The van der Waals surface area contributed by atoms with Gasteiger partial charge in [-0.1, -0.05) is 32.0 Å². The maximum absolute atomic E-state index is 12.5. The summed E-state index contributed by atoms with van der Waals surface area (Å²) in [5.74, 6) is -2.26. The summed E-state index contributed by atoms with van der Waals surface area (Å²) in [5.41, 5.74) is 6.34. The average Bonchev–Trinajstić information content (AvgIpc) is 3.08. The van der Waals surface area contributed by atoms with Crippen LogP contribution in [0, 0.1) is 18.6 Å². The second-order valence-corrected chi connectivity index (χ2v) is 12.6. The van der Waals surface area contributed by atoms with Crippen LogP contribution in [0.2, 0.25) is 0 Å². The van der Waals surface area contributed by atoms with E-state index in [1.165, 1.54) is 68.0 Å². The lowest BCUT2D eigenvalue weighted by Crippen LogP contribution is -2.51. The molecule has 0 aliphatic rings. The minimum atomic E-state index is -1.39. The van der Waals surface area contributed by atoms with Crippen LogP contribution < -0.4 is 16.4 Å². The number of hydrogen-bond acceptors (Lipinski definition) is 8. The minimum absolute atomic E-state index is 0.00593. The van der Waals surface area contributed by atoms with Crippen molar-refractivity contribution in [2.24, 2.45) is 5.73 Å². The molecule has 0 saturated carbocycles. The van der Waals surface area contributed by atoms with E-state index in [-0.39, 0.29) is 29.1 Å². The summed E-state index contributed by atoms with van der Waals surface area (Å²) in [6.45, 7) is 8.24. The summed E-state index contributed by atoms with van der Waals surface area (Å²) < 4.78 is 24.4. The molecule has 3 aromatic rings. The van der Waals surface area contributed by atoms with Crippen molar-refractivity contribution in [1.82, 2.24) is 15.5 Å². The van der Waals surface area contributed by atoms with Gasteiger partial charge in [0, 0.05) is 34.9 Å². The molecule has 13 heteroatoms. The Balaban J connectivity index is 0.000000597. The Labute approximate surface area is 297 Å². The summed E-state index contributed by atoms with van der Waals surface area (Å²) in [5, 5.41) is 26.3. The lowest BCUT2D eigenvalue weighted by molar-refractivity contribution is -0.00242. The fraction of sp³-hybridized carbons (Fsp3) is 0.405. The number of aliphatic hydroxyl groups is 2. The topological polar surface area (TPSA) is 162 Å². The van der Waals surface area contributed by atoms with Crippen LogP contribution in [-0.4, -0.2) is 96.1 Å². The number of benzene rings is 3. The number of carbonyl (C=O) groups is 4. The third kappa shape index (κ3) is 17.0. The van der Waals surface area contributed by atoms with Crippen molar-refractivity contribution in [1.29, 1.82) is 0 Å². The van der Waals surface area contributed by atoms with E-state index < -0.39 is 41.7 Å². The van der Waals surface area contributed by atoms with E-state index in [1.807, 2.05) is 6.26 Å². The molecule has 0 aliphatic carbocycles. The molecule has 3 aromatic carbocycles. The van der Waals surface area contributed by atoms with Gasteiger partial charge in [-0.05, 0) is 106 Å². The molecule has 274 valence electrons. The van der Waals surface area contributed by atoms with E-state index in [9.17, 15) is 38.2 Å². The second-order valence-electron chi connectivity index (χ2n) is 11.6. The monoisotopic (exact) mass is 716 g/mol. The molecule has 3 rings (SSSR count). The van der Waals surface area contributed by atoms with Crippen LogP contribution in [0.1, 0.15) is 80.1 Å². The predicted octanol–water partition coefficient (Wildman–Crippen LogP) is 4.61. The number of aliphatic hydroxyl groups excluding tert-OH is 2. The Morgan fingerprint density at radius 3 is 1.98 bits per heavy atom. The summed E-state index contributed by atoms with van der Waals surface area (Å²) in [4.78, 5) is 49.8. The van der Waals surface area contributed by atoms with E-state index >= 15 is 0 Å². The average molecular weight is 717 g/mol. The molecule has 0 fully saturated rings. The van der Waals surface area contributed by atoms with Gasteiger partial charge in [0.2, 0.25) is 5.91 Å². The van der Waals surface area contributed by atoms with Crippen molar-refractivity contribution in [3.63, 3.8) is 0 Å². The maximum atomic E-state index is 12.5. The molecule has 3 unspecified atom stereocenters. The number of aldehydes is 1. The van der Waals surface area contributed by atoms with Gasteiger partial charge in [-0.3, -0.25) is 19.2 Å². The van der Waals surface area contributed by atoms with Crippen LogP contribution in [0.4, 0.5) is 8.78 Å². The standard InChI is InChI=1S/C23H27N3O6S.C7H6F2.C7H17N/c1-33-8-7-18(26-23(32)15-5-3-2-4-6-15)20(29)19(28)12-25-22(31)17-10-14(13-27)9-16(11-17)21(24)30;1-5-2-6(8)4-7(9)3-5;1-4-6-8(3)7-5-2/h2-6,9-11,13,18-20,28-29H,7-8,12H2,1H3,(H2,24,30)(H,25,31)(H,26,32);2-4H,1H3;4-7H2,1-3H3. The zero-order valence-electron chi connectivity index (χ0n) is 29.3. The second kappa shape index (κ2) is 24.1. The van der Waals surface area contributed by atoms with Gasteiger partial charge in [0.05, 0.1) is 12.1 Å². The van der Waals surface area contributed by atoms with Crippen molar-refractivity contribution in [3.05, 3.63) is 106 Å². The molecule has 3 atom stereocenters. The van der Waals surface area contributed by atoms with Crippen molar-refractivity contribution in [2.45, 2.75) is 58.3 Å². The van der Waals surface area contributed by atoms with Gasteiger partial charge in [-0.2, -0.15) is 11.8 Å². The van der Waals surface area contributed by atoms with Gasteiger partial charge in [0.25, 0.3) is 11.8 Å². The highest BCUT2D eigenvalue weighted by Crippen LogP contribution is 2.12. The summed E-state index contributed by atoms with van der Waals surface area (Å²) >= 11 is 1.52. The number of hydrogen-bond donors (Lipinski definition) is 5. The van der Waals surface area contributed by atoms with E-state index in [0.717, 1.165) is 6.07 Å². The van der Waals surface area contributed by atoms with Gasteiger partial charge in [-0.15, -0.1) is 0 Å². The van der Waals surface area contributed by atoms with Gasteiger partial charge in [-0.25, -0.2) is 8.78 Å². The number of carbonyl (C=O) groups excluding carboxylic acids is 4. The largest absolute Gasteiger partial charge is 0.388 e. The number of nitrogens with one attached hydrogen (secondary N) is 2. The van der Waals surface area contributed by atoms with Gasteiger partial charge < -0.3 is 31.5 Å². The van der Waals surface area contributed by atoms with Crippen molar-refractivity contribution in [3.8, 4) is 0 Å². The lowest BCUT2D eigenvalue weighted by atomic mass is 10.0. The van der Waals surface area contributed by atoms with Crippen LogP contribution in [0.5, 0.6) is 0 Å². The first kappa shape index (κ1) is 43.9. The highest BCUT2D eigenvalue weighted by molar-refractivity contribution is 7.98. The van der Waals surface area contributed by atoms with Crippen molar-refractivity contribution < 1.29 is 38.2 Å². The van der Waals surface area contributed by atoms with E-state index in [2.05, 4.69) is 36.4 Å².